The van der Waals surface area contributed by atoms with E-state index in [2.05, 4.69) is 15.9 Å². The van der Waals surface area contributed by atoms with Gasteiger partial charge in [0.2, 0.25) is 10.0 Å². The Bertz CT molecular complexity index is 627. The molecule has 2 rings (SSSR count). The third-order valence-corrected chi connectivity index (χ3v) is 4.53. The maximum atomic E-state index is 13.6. The Hall–Kier alpha value is -0.990. The molecule has 1 amide bonds. The number of benzene rings is 1. The van der Waals surface area contributed by atoms with E-state index in [9.17, 15) is 17.6 Å². The SMILES string of the molecule is NS(=O)(=O)c1cc(C(=O)N2CCCC2)c(Br)cc1F. The summed E-state index contributed by atoms with van der Waals surface area (Å²) in [6.45, 7) is 1.24. The number of primary sulfonamides is 1. The number of carbonyl (C=O) groups excluding carboxylic acids is 1. The first-order valence-corrected chi connectivity index (χ1v) is 7.96. The van der Waals surface area contributed by atoms with Gasteiger partial charge in [-0.2, -0.15) is 0 Å². The molecule has 0 unspecified atom stereocenters. The van der Waals surface area contributed by atoms with Gasteiger partial charge in [-0.3, -0.25) is 4.79 Å². The van der Waals surface area contributed by atoms with Gasteiger partial charge >= 0.3 is 0 Å². The van der Waals surface area contributed by atoms with Gasteiger partial charge in [0.05, 0.1) is 5.56 Å². The molecule has 1 aromatic carbocycles. The number of nitrogens with zero attached hydrogens (tertiary/aromatic N) is 1. The second kappa shape index (κ2) is 5.18. The summed E-state index contributed by atoms with van der Waals surface area (Å²) in [7, 11) is -4.20. The lowest BCUT2D eigenvalue weighted by atomic mass is 10.2. The molecule has 104 valence electrons. The van der Waals surface area contributed by atoms with Gasteiger partial charge in [0, 0.05) is 17.6 Å². The molecule has 0 aromatic heterocycles. The molecule has 0 bridgehead atoms. The zero-order valence-corrected chi connectivity index (χ0v) is 12.3. The van der Waals surface area contributed by atoms with Gasteiger partial charge in [-0.05, 0) is 40.9 Å². The normalized spacial score (nSPS) is 15.8. The Kier molecular flexibility index (Phi) is 3.93. The maximum absolute atomic E-state index is 13.6. The highest BCUT2D eigenvalue weighted by Crippen LogP contribution is 2.26. The number of hydrogen-bond acceptors (Lipinski definition) is 3. The molecule has 5 nitrogen and oxygen atoms in total. The molecule has 1 aliphatic heterocycles. The van der Waals surface area contributed by atoms with E-state index in [0.717, 1.165) is 25.0 Å². The Morgan fingerprint density at radius 3 is 2.42 bits per heavy atom. The van der Waals surface area contributed by atoms with Crippen LogP contribution in [0.25, 0.3) is 0 Å². The van der Waals surface area contributed by atoms with Gasteiger partial charge in [0.25, 0.3) is 5.91 Å². The summed E-state index contributed by atoms with van der Waals surface area (Å²) in [5.74, 6) is -1.30. The second-order valence-electron chi connectivity index (χ2n) is 4.31. The number of carbonyl (C=O) groups is 1. The maximum Gasteiger partial charge on any atom is 0.255 e. The molecule has 1 fully saturated rings. The van der Waals surface area contributed by atoms with Crippen LogP contribution in [-0.2, 0) is 10.0 Å². The van der Waals surface area contributed by atoms with Crippen molar-refractivity contribution in [2.75, 3.05) is 13.1 Å². The first kappa shape index (κ1) is 14.4. The average molecular weight is 351 g/mol. The molecule has 1 heterocycles. The molecule has 8 heteroatoms. The third kappa shape index (κ3) is 2.96. The van der Waals surface area contributed by atoms with E-state index >= 15 is 0 Å². The van der Waals surface area contributed by atoms with Crippen molar-refractivity contribution in [2.45, 2.75) is 17.7 Å². The van der Waals surface area contributed by atoms with E-state index in [-0.39, 0.29) is 15.9 Å². The van der Waals surface area contributed by atoms with Crippen LogP contribution in [0.2, 0.25) is 0 Å². The predicted octanol–water partition coefficient (Wildman–Crippen LogP) is 1.47. The van der Waals surface area contributed by atoms with Gasteiger partial charge in [-0.25, -0.2) is 17.9 Å². The highest BCUT2D eigenvalue weighted by atomic mass is 79.9. The molecule has 0 atom stereocenters. The zero-order valence-electron chi connectivity index (χ0n) is 9.90. The van der Waals surface area contributed by atoms with Crippen molar-refractivity contribution >= 4 is 31.9 Å². The fraction of sp³-hybridized carbons (Fsp3) is 0.364. The van der Waals surface area contributed by atoms with Crippen molar-refractivity contribution in [1.29, 1.82) is 0 Å². The molecule has 0 aliphatic carbocycles. The number of rotatable bonds is 2. The molecule has 1 saturated heterocycles. The van der Waals surface area contributed by atoms with E-state index < -0.39 is 20.7 Å². The van der Waals surface area contributed by atoms with Crippen molar-refractivity contribution in [2.24, 2.45) is 5.14 Å². The van der Waals surface area contributed by atoms with E-state index in [4.69, 9.17) is 5.14 Å². The summed E-state index contributed by atoms with van der Waals surface area (Å²) in [5, 5.41) is 4.92. The van der Waals surface area contributed by atoms with Crippen LogP contribution in [0.4, 0.5) is 4.39 Å². The monoisotopic (exact) mass is 350 g/mol. The van der Waals surface area contributed by atoms with E-state index in [0.29, 0.717) is 13.1 Å². The van der Waals surface area contributed by atoms with Crippen LogP contribution in [0, 0.1) is 5.82 Å². The van der Waals surface area contributed by atoms with Gasteiger partial charge < -0.3 is 4.90 Å². The van der Waals surface area contributed by atoms with E-state index in [1.807, 2.05) is 0 Å². The summed E-state index contributed by atoms with van der Waals surface area (Å²) in [6.07, 6.45) is 1.82. The number of amides is 1. The average Bonchev–Trinajstić information content (AvgIpc) is 2.79. The second-order valence-corrected chi connectivity index (χ2v) is 6.69. The lowest BCUT2D eigenvalue weighted by molar-refractivity contribution is 0.0791. The van der Waals surface area contributed by atoms with E-state index in [1.165, 1.54) is 0 Å². The Labute approximate surface area is 118 Å². The predicted molar refractivity (Wildman–Crippen MR) is 70.6 cm³/mol. The molecular weight excluding hydrogens is 339 g/mol. The molecule has 0 radical (unpaired) electrons. The Morgan fingerprint density at radius 1 is 1.32 bits per heavy atom. The van der Waals surface area contributed by atoms with Crippen LogP contribution >= 0.6 is 15.9 Å². The van der Waals surface area contributed by atoms with Crippen LogP contribution in [0.5, 0.6) is 0 Å². The summed E-state index contributed by atoms with van der Waals surface area (Å²) in [5.41, 5.74) is 0.104. The minimum atomic E-state index is -4.20. The summed E-state index contributed by atoms with van der Waals surface area (Å²) in [4.78, 5) is 13.1. The van der Waals surface area contributed by atoms with Crippen LogP contribution < -0.4 is 5.14 Å². The van der Waals surface area contributed by atoms with Crippen molar-refractivity contribution in [3.05, 3.63) is 28.0 Å². The largest absolute Gasteiger partial charge is 0.339 e. The summed E-state index contributed by atoms with van der Waals surface area (Å²) in [6, 6.07) is 1.93. The minimum absolute atomic E-state index is 0.104. The van der Waals surface area contributed by atoms with Crippen LogP contribution in [0.15, 0.2) is 21.5 Å². The Morgan fingerprint density at radius 2 is 1.89 bits per heavy atom. The van der Waals surface area contributed by atoms with Gasteiger partial charge in [-0.15, -0.1) is 0 Å². The van der Waals surface area contributed by atoms with Crippen LogP contribution in [0.1, 0.15) is 23.2 Å². The zero-order chi connectivity index (χ0) is 14.2. The smallest absolute Gasteiger partial charge is 0.255 e. The molecule has 0 saturated carbocycles. The van der Waals surface area contributed by atoms with Crippen LogP contribution in [0.3, 0.4) is 0 Å². The lowest BCUT2D eigenvalue weighted by Crippen LogP contribution is -2.28. The molecule has 1 aliphatic rings. The molecule has 19 heavy (non-hydrogen) atoms. The fourth-order valence-corrected chi connectivity index (χ4v) is 3.10. The third-order valence-electron chi connectivity index (χ3n) is 2.95. The quantitative estimate of drug-likeness (QED) is 0.876. The highest BCUT2D eigenvalue weighted by Gasteiger charge is 2.25. The molecular formula is C11H12BrFN2O3S. The summed E-state index contributed by atoms with van der Waals surface area (Å²) >= 11 is 3.07. The van der Waals surface area contributed by atoms with Gasteiger partial charge in [0.1, 0.15) is 10.7 Å². The number of likely N-dealkylation sites (tertiary alicyclic amines) is 1. The topological polar surface area (TPSA) is 80.5 Å². The Balaban J connectivity index is 2.48. The van der Waals surface area contributed by atoms with Crippen molar-refractivity contribution < 1.29 is 17.6 Å². The van der Waals surface area contributed by atoms with E-state index in [1.54, 1.807) is 4.90 Å². The fourth-order valence-electron chi connectivity index (χ4n) is 2.00. The molecule has 0 spiro atoms. The van der Waals surface area contributed by atoms with Crippen molar-refractivity contribution in [1.82, 2.24) is 4.90 Å². The van der Waals surface area contributed by atoms with Crippen molar-refractivity contribution in [3.8, 4) is 0 Å². The number of halogens is 2. The first-order chi connectivity index (χ1) is 8.80. The molecule has 2 N–H and O–H groups in total. The summed E-state index contributed by atoms with van der Waals surface area (Å²) < 4.78 is 36.3. The minimum Gasteiger partial charge on any atom is -0.339 e. The highest BCUT2D eigenvalue weighted by molar-refractivity contribution is 9.10. The number of nitrogens with two attached hydrogens (primary N) is 1. The van der Waals surface area contributed by atoms with Gasteiger partial charge in [-0.1, -0.05) is 0 Å². The van der Waals surface area contributed by atoms with Crippen molar-refractivity contribution in [3.63, 3.8) is 0 Å². The van der Waals surface area contributed by atoms with Crippen LogP contribution in [-0.4, -0.2) is 32.3 Å². The molecule has 1 aromatic rings. The van der Waals surface area contributed by atoms with Gasteiger partial charge in [0.15, 0.2) is 0 Å². The number of hydrogen-bond donors (Lipinski definition) is 1. The number of sulfonamides is 1. The standard InChI is InChI=1S/C11H12BrFN2O3S/c12-8-6-9(13)10(19(14,17)18)5-7(8)11(16)15-3-1-2-4-15/h5-6H,1-4H2,(H2,14,17,18). The first-order valence-electron chi connectivity index (χ1n) is 5.62. The lowest BCUT2D eigenvalue weighted by Gasteiger charge is -2.16.